The second-order valence-electron chi connectivity index (χ2n) is 7.34. The average molecular weight is 348 g/mol. The molecule has 2 fully saturated rings. The molecule has 2 unspecified atom stereocenters. The minimum Gasteiger partial charge on any atom is -0.497 e. The summed E-state index contributed by atoms with van der Waals surface area (Å²) >= 11 is 0. The van der Waals surface area contributed by atoms with Gasteiger partial charge in [-0.1, -0.05) is 0 Å². The molecule has 25 heavy (non-hydrogen) atoms. The number of nitrogens with zero attached hydrogens (tertiary/aromatic N) is 1. The zero-order valence-electron chi connectivity index (χ0n) is 15.2. The third kappa shape index (κ3) is 4.25. The van der Waals surface area contributed by atoms with Crippen molar-refractivity contribution in [1.29, 1.82) is 0 Å². The number of rotatable bonds is 6. The number of anilines is 1. The summed E-state index contributed by atoms with van der Waals surface area (Å²) in [4.78, 5) is 14.5. The van der Waals surface area contributed by atoms with E-state index in [1.165, 1.54) is 0 Å². The number of methoxy groups -OCH3 is 2. The molecule has 0 saturated heterocycles. The summed E-state index contributed by atoms with van der Waals surface area (Å²) in [6.07, 6.45) is 3.89. The number of fused-ring (bicyclic) bond motifs is 1. The zero-order valence-corrected chi connectivity index (χ0v) is 15.2. The van der Waals surface area contributed by atoms with E-state index >= 15 is 0 Å². The molecule has 2 aliphatic rings. The van der Waals surface area contributed by atoms with E-state index < -0.39 is 0 Å². The van der Waals surface area contributed by atoms with Gasteiger partial charge in [0.15, 0.2) is 0 Å². The molecule has 2 saturated carbocycles. The van der Waals surface area contributed by atoms with E-state index in [1.54, 1.807) is 32.4 Å². The van der Waals surface area contributed by atoms with Gasteiger partial charge in [-0.05, 0) is 44.6 Å². The maximum Gasteiger partial charge on any atom is 0.238 e. The van der Waals surface area contributed by atoms with Gasteiger partial charge in [0.2, 0.25) is 5.91 Å². The van der Waals surface area contributed by atoms with Crippen LogP contribution in [0.5, 0.6) is 11.5 Å². The number of nitrogens with one attached hydrogen (secondary N) is 1. The van der Waals surface area contributed by atoms with E-state index in [0.717, 1.165) is 25.7 Å². The normalized spacial score (nSPS) is 28.0. The molecule has 6 heteroatoms. The molecule has 4 atom stereocenters. The number of carbonyl (C=O) groups excluding carboxylic acids is 1. The molecule has 1 aromatic carbocycles. The van der Waals surface area contributed by atoms with Crippen LogP contribution in [-0.4, -0.2) is 55.9 Å². The van der Waals surface area contributed by atoms with Crippen LogP contribution in [0.2, 0.25) is 0 Å². The van der Waals surface area contributed by atoms with Crippen molar-refractivity contribution in [2.24, 2.45) is 11.8 Å². The lowest BCUT2D eigenvalue weighted by atomic mass is 10.0. The van der Waals surface area contributed by atoms with Crippen LogP contribution in [0.25, 0.3) is 0 Å². The number of benzene rings is 1. The Hall–Kier alpha value is -1.79. The predicted molar refractivity (Wildman–Crippen MR) is 96.0 cm³/mol. The van der Waals surface area contributed by atoms with Crippen LogP contribution in [0.15, 0.2) is 18.2 Å². The molecule has 2 N–H and O–H groups in total. The molecule has 0 aromatic heterocycles. The second kappa shape index (κ2) is 7.62. The molecule has 0 radical (unpaired) electrons. The van der Waals surface area contributed by atoms with Crippen molar-refractivity contribution >= 4 is 11.6 Å². The van der Waals surface area contributed by atoms with Crippen molar-refractivity contribution in [3.8, 4) is 11.5 Å². The summed E-state index contributed by atoms with van der Waals surface area (Å²) in [7, 11) is 5.18. The summed E-state index contributed by atoms with van der Waals surface area (Å²) in [5.74, 6) is 2.48. The SMILES string of the molecule is COc1cc(NC(=O)CN(C)C2C[C@H]3CC(O)C[C@H]3C2)cc(OC)c1. The largest absolute Gasteiger partial charge is 0.497 e. The Kier molecular flexibility index (Phi) is 5.49. The van der Waals surface area contributed by atoms with Gasteiger partial charge in [-0.2, -0.15) is 0 Å². The van der Waals surface area contributed by atoms with Crippen molar-refractivity contribution in [3.63, 3.8) is 0 Å². The fraction of sp³-hybridized carbons (Fsp3) is 0.632. The Morgan fingerprint density at radius 2 is 1.68 bits per heavy atom. The number of carbonyl (C=O) groups is 1. The Morgan fingerprint density at radius 3 is 2.20 bits per heavy atom. The quantitative estimate of drug-likeness (QED) is 0.824. The first-order valence-electron chi connectivity index (χ1n) is 8.89. The third-order valence-corrected chi connectivity index (χ3v) is 5.62. The highest BCUT2D eigenvalue weighted by atomic mass is 16.5. The number of aliphatic hydroxyl groups excluding tert-OH is 1. The van der Waals surface area contributed by atoms with Crippen LogP contribution in [-0.2, 0) is 4.79 Å². The summed E-state index contributed by atoms with van der Waals surface area (Å²) < 4.78 is 10.5. The van der Waals surface area contributed by atoms with Crippen LogP contribution in [0.1, 0.15) is 25.7 Å². The summed E-state index contributed by atoms with van der Waals surface area (Å²) in [6.45, 7) is 0.353. The molecule has 3 rings (SSSR count). The van der Waals surface area contributed by atoms with Crippen LogP contribution in [0, 0.1) is 11.8 Å². The second-order valence-corrected chi connectivity index (χ2v) is 7.34. The van der Waals surface area contributed by atoms with E-state index in [-0.39, 0.29) is 12.0 Å². The monoisotopic (exact) mass is 348 g/mol. The molecule has 0 spiro atoms. The van der Waals surface area contributed by atoms with Crippen LogP contribution in [0.4, 0.5) is 5.69 Å². The van der Waals surface area contributed by atoms with Gasteiger partial charge in [0, 0.05) is 29.9 Å². The Labute approximate surface area is 149 Å². The fourth-order valence-electron chi connectivity index (χ4n) is 4.35. The van der Waals surface area contributed by atoms with Gasteiger partial charge in [-0.15, -0.1) is 0 Å². The Morgan fingerprint density at radius 1 is 1.12 bits per heavy atom. The van der Waals surface area contributed by atoms with Crippen molar-refractivity contribution in [2.45, 2.75) is 37.8 Å². The standard InChI is InChI=1S/C19H28N2O4/c1-21(15-4-12-6-16(22)7-13(12)5-15)11-19(23)20-14-8-17(24-2)10-18(9-14)25-3/h8-10,12-13,15-16,22H,4-7,11H2,1-3H3,(H,20,23)/t12-,13+,15?,16?. The van der Waals surface area contributed by atoms with Gasteiger partial charge < -0.3 is 19.9 Å². The molecule has 1 amide bonds. The highest BCUT2D eigenvalue weighted by Gasteiger charge is 2.42. The first-order chi connectivity index (χ1) is 12.0. The van der Waals surface area contributed by atoms with Crippen molar-refractivity contribution < 1.29 is 19.4 Å². The topological polar surface area (TPSA) is 71.0 Å². The van der Waals surface area contributed by atoms with Gasteiger partial charge in [0.05, 0.1) is 26.9 Å². The van der Waals surface area contributed by atoms with Crippen molar-refractivity contribution in [3.05, 3.63) is 18.2 Å². The average Bonchev–Trinajstić information content (AvgIpc) is 3.11. The van der Waals surface area contributed by atoms with Crippen molar-refractivity contribution in [1.82, 2.24) is 4.90 Å². The first kappa shape index (κ1) is 18.0. The summed E-state index contributed by atoms with van der Waals surface area (Å²) in [5, 5.41) is 12.7. The fourth-order valence-corrected chi connectivity index (χ4v) is 4.35. The molecule has 138 valence electrons. The third-order valence-electron chi connectivity index (χ3n) is 5.62. The molecular weight excluding hydrogens is 320 g/mol. The maximum absolute atomic E-state index is 12.4. The van der Waals surface area contributed by atoms with Crippen molar-refractivity contribution in [2.75, 3.05) is 33.1 Å². The summed E-state index contributed by atoms with van der Waals surface area (Å²) in [6, 6.07) is 5.75. The van der Waals surface area contributed by atoms with E-state index in [2.05, 4.69) is 10.2 Å². The van der Waals surface area contributed by atoms with Gasteiger partial charge >= 0.3 is 0 Å². The Bertz CT molecular complexity index is 585. The molecule has 0 aliphatic heterocycles. The zero-order chi connectivity index (χ0) is 18.0. The van der Waals surface area contributed by atoms with E-state index in [9.17, 15) is 9.90 Å². The molecule has 6 nitrogen and oxygen atoms in total. The van der Waals surface area contributed by atoms with Crippen LogP contribution < -0.4 is 14.8 Å². The maximum atomic E-state index is 12.4. The first-order valence-corrected chi connectivity index (χ1v) is 8.89. The van der Waals surface area contributed by atoms with Gasteiger partial charge in [0.25, 0.3) is 0 Å². The molecule has 1 aromatic rings. The molecule has 2 aliphatic carbocycles. The van der Waals surface area contributed by atoms with Crippen LogP contribution >= 0.6 is 0 Å². The van der Waals surface area contributed by atoms with Crippen LogP contribution in [0.3, 0.4) is 0 Å². The lowest BCUT2D eigenvalue weighted by Gasteiger charge is -2.24. The number of ether oxygens (including phenoxy) is 2. The smallest absolute Gasteiger partial charge is 0.238 e. The lowest BCUT2D eigenvalue weighted by Crippen LogP contribution is -2.37. The minimum absolute atomic E-state index is 0.0464. The molecule has 0 heterocycles. The van der Waals surface area contributed by atoms with E-state index in [1.807, 2.05) is 7.05 Å². The van der Waals surface area contributed by atoms with E-state index in [4.69, 9.17) is 9.47 Å². The van der Waals surface area contributed by atoms with E-state index in [0.29, 0.717) is 41.6 Å². The molecular formula is C19H28N2O4. The number of amides is 1. The highest BCUT2D eigenvalue weighted by molar-refractivity contribution is 5.92. The van der Waals surface area contributed by atoms with Gasteiger partial charge in [-0.25, -0.2) is 0 Å². The summed E-state index contributed by atoms with van der Waals surface area (Å²) in [5.41, 5.74) is 0.668. The number of hydrogen-bond acceptors (Lipinski definition) is 5. The Balaban J connectivity index is 1.54. The van der Waals surface area contributed by atoms with Gasteiger partial charge in [0.1, 0.15) is 11.5 Å². The minimum atomic E-state index is -0.118. The highest BCUT2D eigenvalue weighted by Crippen LogP contribution is 2.45. The van der Waals surface area contributed by atoms with Gasteiger partial charge in [-0.3, -0.25) is 9.69 Å². The lowest BCUT2D eigenvalue weighted by molar-refractivity contribution is -0.117. The number of hydrogen-bond donors (Lipinski definition) is 2. The predicted octanol–water partition coefficient (Wildman–Crippen LogP) is 2.12. The molecule has 0 bridgehead atoms. The number of aliphatic hydroxyl groups is 1. The number of likely N-dealkylation sites (N-methyl/N-ethyl adjacent to an activating group) is 1.